The van der Waals surface area contributed by atoms with Gasteiger partial charge < -0.3 is 0 Å². The number of hydrogen-bond acceptors (Lipinski definition) is 5. The van der Waals surface area contributed by atoms with Crippen LogP contribution in [0.2, 0.25) is 0 Å². The van der Waals surface area contributed by atoms with Crippen LogP contribution in [0.15, 0.2) is 21.6 Å². The maximum Gasteiger partial charge on any atom is 0.234 e. The quantitative estimate of drug-likeness (QED) is 0.410. The lowest BCUT2D eigenvalue weighted by molar-refractivity contribution is -0.117. The number of isocyanates is 2. The first-order valence-corrected chi connectivity index (χ1v) is 7.68. The van der Waals surface area contributed by atoms with Crippen molar-refractivity contribution in [2.24, 2.45) is 15.4 Å². The first-order chi connectivity index (χ1) is 10.4. The van der Waals surface area contributed by atoms with Crippen molar-refractivity contribution in [3.05, 3.63) is 11.6 Å². The average molecular weight is 306 g/mol. The number of rotatable bonds is 7. The summed E-state index contributed by atoms with van der Waals surface area (Å²) in [5, 5.41) is 0. The third-order valence-corrected chi connectivity index (χ3v) is 3.24. The molecule has 122 valence electrons. The predicted octanol–water partition coefficient (Wildman–Crippen LogP) is 3.54. The van der Waals surface area contributed by atoms with Gasteiger partial charge in [0.05, 0.1) is 13.1 Å². The molecule has 0 amide bonds. The predicted molar refractivity (Wildman–Crippen MR) is 86.2 cm³/mol. The van der Waals surface area contributed by atoms with E-state index in [2.05, 4.69) is 23.8 Å². The number of carbonyl (C=O) groups is 1. The molecule has 1 aliphatic rings. The van der Waals surface area contributed by atoms with Crippen LogP contribution in [0.5, 0.6) is 0 Å². The molecular weight excluding hydrogens is 280 g/mol. The number of carbonyl (C=O) groups excluding carboxylic acids is 3. The van der Waals surface area contributed by atoms with Crippen LogP contribution in [-0.2, 0) is 14.4 Å². The Morgan fingerprint density at radius 2 is 1.50 bits per heavy atom. The van der Waals surface area contributed by atoms with Crippen molar-refractivity contribution in [1.82, 2.24) is 0 Å². The number of hydrogen-bond donors (Lipinski definition) is 0. The van der Waals surface area contributed by atoms with Gasteiger partial charge in [-0.3, -0.25) is 4.79 Å². The van der Waals surface area contributed by atoms with Gasteiger partial charge in [-0.15, -0.1) is 0 Å². The molecule has 0 aliphatic heterocycles. The third kappa shape index (κ3) is 12.0. The van der Waals surface area contributed by atoms with Gasteiger partial charge in [0.15, 0.2) is 5.78 Å². The molecule has 5 nitrogen and oxygen atoms in total. The summed E-state index contributed by atoms with van der Waals surface area (Å²) in [5.41, 5.74) is 1.43. The number of ketones is 1. The summed E-state index contributed by atoms with van der Waals surface area (Å²) in [6.07, 6.45) is 10.4. The standard InChI is InChI=1S/C9H14O.C8H12N2O2/c1-7-4-8(10)6-9(2,3)5-7;11-7-9-5-3-1-2-4-6-10-8-12/h4H,5-6H2,1-3H3;1-6H2. The summed E-state index contributed by atoms with van der Waals surface area (Å²) in [6, 6.07) is 0. The number of allylic oxidation sites excluding steroid dienone is 2. The molecule has 0 saturated carbocycles. The molecule has 5 heteroatoms. The second-order valence-corrected chi connectivity index (χ2v) is 6.33. The van der Waals surface area contributed by atoms with Crippen LogP contribution in [0, 0.1) is 5.41 Å². The summed E-state index contributed by atoms with van der Waals surface area (Å²) in [4.78, 5) is 37.1. The van der Waals surface area contributed by atoms with E-state index in [0.29, 0.717) is 19.5 Å². The van der Waals surface area contributed by atoms with Gasteiger partial charge in [-0.05, 0) is 37.7 Å². The smallest absolute Gasteiger partial charge is 0.234 e. The highest BCUT2D eigenvalue weighted by Crippen LogP contribution is 2.32. The van der Waals surface area contributed by atoms with Gasteiger partial charge in [0, 0.05) is 6.42 Å². The molecule has 1 aliphatic carbocycles. The molecular formula is C17H26N2O3. The number of aliphatic imine (C=N–C) groups is 2. The fourth-order valence-electron chi connectivity index (χ4n) is 2.49. The van der Waals surface area contributed by atoms with Crippen molar-refractivity contribution in [2.45, 2.75) is 59.3 Å². The Labute approximate surface area is 132 Å². The Morgan fingerprint density at radius 3 is 1.86 bits per heavy atom. The zero-order valence-corrected chi connectivity index (χ0v) is 13.9. The Balaban J connectivity index is 0.000000406. The van der Waals surface area contributed by atoms with Gasteiger partial charge in [-0.2, -0.15) is 0 Å². The van der Waals surface area contributed by atoms with Crippen LogP contribution >= 0.6 is 0 Å². The van der Waals surface area contributed by atoms with Crippen molar-refractivity contribution < 1.29 is 14.4 Å². The molecule has 0 N–H and O–H groups in total. The van der Waals surface area contributed by atoms with Gasteiger partial charge in [-0.25, -0.2) is 19.6 Å². The van der Waals surface area contributed by atoms with Crippen LogP contribution in [-0.4, -0.2) is 31.0 Å². The van der Waals surface area contributed by atoms with Gasteiger partial charge in [0.2, 0.25) is 12.2 Å². The maximum absolute atomic E-state index is 11.0. The van der Waals surface area contributed by atoms with Gasteiger partial charge >= 0.3 is 0 Å². The fraction of sp³-hybridized carbons (Fsp3) is 0.706. The average Bonchev–Trinajstić information content (AvgIpc) is 2.40. The van der Waals surface area contributed by atoms with E-state index in [-0.39, 0.29) is 11.2 Å². The second kappa shape index (κ2) is 11.8. The lowest BCUT2D eigenvalue weighted by Crippen LogP contribution is -2.20. The largest absolute Gasteiger partial charge is 0.295 e. The lowest BCUT2D eigenvalue weighted by Gasteiger charge is -2.27. The van der Waals surface area contributed by atoms with Crippen molar-refractivity contribution in [1.29, 1.82) is 0 Å². The second-order valence-electron chi connectivity index (χ2n) is 6.33. The van der Waals surface area contributed by atoms with Gasteiger partial charge in [0.1, 0.15) is 0 Å². The molecule has 0 saturated heterocycles. The van der Waals surface area contributed by atoms with E-state index in [1.807, 2.05) is 6.92 Å². The summed E-state index contributed by atoms with van der Waals surface area (Å²) < 4.78 is 0. The van der Waals surface area contributed by atoms with E-state index >= 15 is 0 Å². The minimum atomic E-state index is 0.204. The van der Waals surface area contributed by atoms with E-state index in [0.717, 1.165) is 32.1 Å². The number of unbranched alkanes of at least 4 members (excludes halogenated alkanes) is 3. The van der Waals surface area contributed by atoms with E-state index in [4.69, 9.17) is 0 Å². The first kappa shape index (κ1) is 20.2. The summed E-state index contributed by atoms with van der Waals surface area (Å²) in [5.74, 6) is 0.286. The van der Waals surface area contributed by atoms with Crippen LogP contribution in [0.1, 0.15) is 59.3 Å². The zero-order valence-electron chi connectivity index (χ0n) is 13.9. The molecule has 1 rings (SSSR count). The monoisotopic (exact) mass is 306 g/mol. The van der Waals surface area contributed by atoms with Crippen LogP contribution in [0.3, 0.4) is 0 Å². The molecule has 0 unspecified atom stereocenters. The van der Waals surface area contributed by atoms with E-state index in [1.54, 1.807) is 6.08 Å². The highest BCUT2D eigenvalue weighted by atomic mass is 16.1. The molecule has 0 aromatic rings. The van der Waals surface area contributed by atoms with Gasteiger partial charge in [0.25, 0.3) is 0 Å². The summed E-state index contributed by atoms with van der Waals surface area (Å²) in [7, 11) is 0. The van der Waals surface area contributed by atoms with E-state index in [9.17, 15) is 14.4 Å². The van der Waals surface area contributed by atoms with Crippen LogP contribution < -0.4 is 0 Å². The van der Waals surface area contributed by atoms with Gasteiger partial charge in [-0.1, -0.05) is 32.3 Å². The Hall–Kier alpha value is -1.83. The maximum atomic E-state index is 11.0. The SMILES string of the molecule is CC1=CC(=O)CC(C)(C)C1.O=C=NCCCCCCN=C=O. The Kier molecular flexibility index (Phi) is 10.8. The molecule has 0 radical (unpaired) electrons. The van der Waals surface area contributed by atoms with Crippen molar-refractivity contribution >= 4 is 17.9 Å². The van der Waals surface area contributed by atoms with Crippen LogP contribution in [0.25, 0.3) is 0 Å². The fourth-order valence-corrected chi connectivity index (χ4v) is 2.49. The van der Waals surface area contributed by atoms with Crippen molar-refractivity contribution in [3.8, 4) is 0 Å². The molecule has 0 aromatic heterocycles. The lowest BCUT2D eigenvalue weighted by atomic mass is 9.77. The highest BCUT2D eigenvalue weighted by molar-refractivity contribution is 5.91. The van der Waals surface area contributed by atoms with E-state index < -0.39 is 0 Å². The highest BCUT2D eigenvalue weighted by Gasteiger charge is 2.25. The minimum Gasteiger partial charge on any atom is -0.295 e. The summed E-state index contributed by atoms with van der Waals surface area (Å²) >= 11 is 0. The van der Waals surface area contributed by atoms with Crippen LogP contribution in [0.4, 0.5) is 0 Å². The minimum absolute atomic E-state index is 0.204. The first-order valence-electron chi connectivity index (χ1n) is 7.68. The molecule has 0 atom stereocenters. The van der Waals surface area contributed by atoms with E-state index in [1.165, 1.54) is 17.7 Å². The summed E-state index contributed by atoms with van der Waals surface area (Å²) in [6.45, 7) is 7.42. The third-order valence-electron chi connectivity index (χ3n) is 3.24. The molecule has 0 heterocycles. The Morgan fingerprint density at radius 1 is 1.00 bits per heavy atom. The van der Waals surface area contributed by atoms with Crippen molar-refractivity contribution in [2.75, 3.05) is 13.1 Å². The molecule has 0 bridgehead atoms. The normalized spacial score (nSPS) is 15.6. The number of nitrogens with zero attached hydrogens (tertiary/aromatic N) is 2. The topological polar surface area (TPSA) is 75.9 Å². The van der Waals surface area contributed by atoms with Crippen molar-refractivity contribution in [3.63, 3.8) is 0 Å². The molecule has 22 heavy (non-hydrogen) atoms. The molecule has 0 aromatic carbocycles. The zero-order chi connectivity index (χ0) is 16.8. The molecule has 0 fully saturated rings. The molecule has 0 spiro atoms. The Bertz CT molecular complexity index is 446.